The molecular formula is C6H6ClN. The molecule has 2 heteroatoms. The van der Waals surface area contributed by atoms with Gasteiger partial charge in [-0.25, -0.2) is 0 Å². The summed E-state index contributed by atoms with van der Waals surface area (Å²) in [5, 5.41) is 3.62. The Bertz CT molecular complexity index is 156. The fourth-order valence-electron chi connectivity index (χ4n) is 0.434. The molecule has 0 spiro atoms. The Kier molecular flexibility index (Phi) is 1.75. The van der Waals surface area contributed by atoms with Crippen LogP contribution in [0, 0.1) is 0 Å². The van der Waals surface area contributed by atoms with E-state index in [9.17, 15) is 0 Å². The van der Waals surface area contributed by atoms with E-state index in [-0.39, 0.29) is 0 Å². The molecule has 0 saturated carbocycles. The maximum Gasteiger partial charge on any atom is 0.0420 e. The Morgan fingerprint density at radius 1 is 1.38 bits per heavy atom. The van der Waals surface area contributed by atoms with Crippen LogP contribution in [0.3, 0.4) is 0 Å². The minimum absolute atomic E-state index is 0.742. The van der Waals surface area contributed by atoms with Crippen molar-refractivity contribution in [3.8, 4) is 0 Å². The van der Waals surface area contributed by atoms with Gasteiger partial charge in [-0.2, -0.15) is 0 Å². The molecule has 0 aromatic carbocycles. The van der Waals surface area contributed by atoms with Crippen LogP contribution in [0.5, 0.6) is 0 Å². The topological polar surface area (TPSA) is 12.0 Å². The van der Waals surface area contributed by atoms with Gasteiger partial charge in [0.25, 0.3) is 0 Å². The monoisotopic (exact) mass is 127 g/mol. The molecule has 1 aliphatic rings. The van der Waals surface area contributed by atoms with Crippen LogP contribution in [-0.2, 0) is 0 Å². The van der Waals surface area contributed by atoms with Gasteiger partial charge in [-0.05, 0) is 18.2 Å². The average Bonchev–Trinajstić information content (AvgIpc) is 1.94. The molecule has 0 radical (unpaired) electrons. The van der Waals surface area contributed by atoms with E-state index in [1.807, 2.05) is 18.4 Å². The molecule has 0 unspecified atom stereocenters. The highest BCUT2D eigenvalue weighted by Gasteiger charge is 1.81. The molecular weight excluding hydrogens is 122 g/mol. The van der Waals surface area contributed by atoms with Crippen molar-refractivity contribution in [2.45, 2.75) is 0 Å². The predicted octanol–water partition coefficient (Wildman–Crippen LogP) is 1.74. The van der Waals surface area contributed by atoms with Crippen LogP contribution >= 0.6 is 11.6 Å². The van der Waals surface area contributed by atoms with Crippen molar-refractivity contribution in [1.29, 1.82) is 0 Å². The summed E-state index contributed by atoms with van der Waals surface area (Å²) >= 11 is 5.60. The molecule has 42 valence electrons. The Morgan fingerprint density at radius 2 is 2.25 bits per heavy atom. The molecule has 0 bridgehead atoms. The zero-order valence-corrected chi connectivity index (χ0v) is 5.02. The Balaban J connectivity index is 2.73. The van der Waals surface area contributed by atoms with Gasteiger partial charge in [-0.3, -0.25) is 0 Å². The van der Waals surface area contributed by atoms with E-state index < -0.39 is 0 Å². The van der Waals surface area contributed by atoms with Gasteiger partial charge in [0.05, 0.1) is 0 Å². The Labute approximate surface area is 53.3 Å². The van der Waals surface area contributed by atoms with E-state index in [4.69, 9.17) is 11.6 Å². The number of rotatable bonds is 0. The van der Waals surface area contributed by atoms with Gasteiger partial charge in [0.15, 0.2) is 0 Å². The highest BCUT2D eigenvalue weighted by atomic mass is 35.5. The van der Waals surface area contributed by atoms with Crippen molar-refractivity contribution in [1.82, 2.24) is 5.32 Å². The lowest BCUT2D eigenvalue weighted by Crippen LogP contribution is -1.87. The molecule has 1 rings (SSSR count). The first-order chi connectivity index (χ1) is 3.89. The Morgan fingerprint density at radius 3 is 3.12 bits per heavy atom. The average molecular weight is 128 g/mol. The van der Waals surface area contributed by atoms with Crippen LogP contribution in [-0.4, -0.2) is 0 Å². The van der Waals surface area contributed by atoms with Gasteiger partial charge in [0, 0.05) is 17.4 Å². The predicted molar refractivity (Wildman–Crippen MR) is 35.4 cm³/mol. The summed E-state index contributed by atoms with van der Waals surface area (Å²) in [5.41, 5.74) is 0. The maximum absolute atomic E-state index is 5.60. The summed E-state index contributed by atoms with van der Waals surface area (Å²) in [6.45, 7) is 0. The van der Waals surface area contributed by atoms with Crippen LogP contribution in [0.2, 0.25) is 0 Å². The van der Waals surface area contributed by atoms with E-state index >= 15 is 0 Å². The quantitative estimate of drug-likeness (QED) is 0.523. The van der Waals surface area contributed by atoms with Crippen LogP contribution < -0.4 is 5.32 Å². The van der Waals surface area contributed by atoms with Gasteiger partial charge >= 0.3 is 0 Å². The Hall–Kier alpha value is -0.690. The smallest absolute Gasteiger partial charge is 0.0420 e. The first kappa shape index (κ1) is 5.45. The minimum Gasteiger partial charge on any atom is -0.368 e. The third kappa shape index (κ3) is 1.43. The summed E-state index contributed by atoms with van der Waals surface area (Å²) in [7, 11) is 0. The van der Waals surface area contributed by atoms with E-state index in [1.54, 1.807) is 12.3 Å². The normalized spacial score (nSPS) is 16.9. The second-order valence-electron chi connectivity index (χ2n) is 1.41. The van der Waals surface area contributed by atoms with Gasteiger partial charge in [0.2, 0.25) is 0 Å². The summed E-state index contributed by atoms with van der Waals surface area (Å²) in [5.74, 6) is 0. The lowest BCUT2D eigenvalue weighted by Gasteiger charge is -1.80. The summed E-state index contributed by atoms with van der Waals surface area (Å²) in [4.78, 5) is 0. The molecule has 0 fully saturated rings. The molecule has 0 aromatic heterocycles. The lowest BCUT2D eigenvalue weighted by atomic mass is 10.5. The van der Waals surface area contributed by atoms with Crippen LogP contribution in [0.25, 0.3) is 0 Å². The van der Waals surface area contributed by atoms with E-state index in [0.717, 1.165) is 5.03 Å². The van der Waals surface area contributed by atoms with Crippen LogP contribution in [0.4, 0.5) is 0 Å². The van der Waals surface area contributed by atoms with Crippen molar-refractivity contribution in [3.63, 3.8) is 0 Å². The number of halogens is 1. The largest absolute Gasteiger partial charge is 0.368 e. The minimum atomic E-state index is 0.742. The fraction of sp³-hybridized carbons (Fsp3) is 0. The first-order valence-electron chi connectivity index (χ1n) is 2.34. The van der Waals surface area contributed by atoms with E-state index in [1.165, 1.54) is 0 Å². The van der Waals surface area contributed by atoms with Crippen LogP contribution in [0.15, 0.2) is 35.7 Å². The van der Waals surface area contributed by atoms with Gasteiger partial charge < -0.3 is 5.32 Å². The second kappa shape index (κ2) is 2.58. The van der Waals surface area contributed by atoms with E-state index in [2.05, 4.69) is 5.32 Å². The van der Waals surface area contributed by atoms with Crippen molar-refractivity contribution >= 4 is 11.6 Å². The highest BCUT2D eigenvalue weighted by molar-refractivity contribution is 6.31. The number of nitrogens with one attached hydrogen (secondary N) is 1. The number of allylic oxidation sites excluding steroid dienone is 4. The molecule has 0 aromatic rings. The fourth-order valence-corrected chi connectivity index (χ4v) is 0.570. The first-order valence-corrected chi connectivity index (χ1v) is 2.72. The molecule has 1 N–H and O–H groups in total. The lowest BCUT2D eigenvalue weighted by molar-refractivity contribution is 1.20. The van der Waals surface area contributed by atoms with Crippen molar-refractivity contribution < 1.29 is 0 Å². The third-order valence-electron chi connectivity index (χ3n) is 0.787. The SMILES string of the molecule is ClC1=CC=CNC=C1. The molecule has 1 aliphatic heterocycles. The highest BCUT2D eigenvalue weighted by Crippen LogP contribution is 2.03. The molecule has 0 aliphatic carbocycles. The molecule has 0 saturated heterocycles. The van der Waals surface area contributed by atoms with Gasteiger partial charge in [-0.1, -0.05) is 11.6 Å². The van der Waals surface area contributed by atoms with Crippen molar-refractivity contribution in [2.75, 3.05) is 0 Å². The van der Waals surface area contributed by atoms with E-state index in [0.29, 0.717) is 0 Å². The zero-order valence-electron chi connectivity index (χ0n) is 4.26. The summed E-state index contributed by atoms with van der Waals surface area (Å²) < 4.78 is 0. The molecule has 1 heterocycles. The zero-order chi connectivity index (χ0) is 5.82. The second-order valence-corrected chi connectivity index (χ2v) is 1.85. The van der Waals surface area contributed by atoms with Gasteiger partial charge in [-0.15, -0.1) is 0 Å². The van der Waals surface area contributed by atoms with Crippen molar-refractivity contribution in [2.24, 2.45) is 0 Å². The molecule has 8 heavy (non-hydrogen) atoms. The molecule has 0 atom stereocenters. The van der Waals surface area contributed by atoms with Gasteiger partial charge in [0.1, 0.15) is 0 Å². The summed E-state index contributed by atoms with van der Waals surface area (Å²) in [6.07, 6.45) is 9.05. The van der Waals surface area contributed by atoms with Crippen molar-refractivity contribution in [3.05, 3.63) is 35.7 Å². The summed E-state index contributed by atoms with van der Waals surface area (Å²) in [6, 6.07) is 0. The maximum atomic E-state index is 5.60. The molecule has 0 amide bonds. The third-order valence-corrected chi connectivity index (χ3v) is 1.04. The number of hydrogen-bond acceptors (Lipinski definition) is 1. The molecule has 1 nitrogen and oxygen atoms in total. The number of hydrogen-bond donors (Lipinski definition) is 1. The standard InChI is InChI=1S/C6H6ClN/c7-6-2-1-4-8-5-3-6/h1-5,8H. The van der Waals surface area contributed by atoms with Crippen LogP contribution in [0.1, 0.15) is 0 Å².